The molecule has 1 aliphatic rings. The van der Waals surface area contributed by atoms with Crippen LogP contribution in [0.2, 0.25) is 0 Å². The fourth-order valence-electron chi connectivity index (χ4n) is 15.2. The van der Waals surface area contributed by atoms with Crippen LogP contribution in [0.3, 0.4) is 0 Å². The summed E-state index contributed by atoms with van der Waals surface area (Å²) in [5.41, 5.74) is 16.3. The fourth-order valence-corrected chi connectivity index (χ4v) is 15.2. The standard InChI is InChI=1S/C19H24O.C18H22O2.C18H22O.C17H20O.C15H24O.C14H22O2.C14H20O.C13H20O2/c1-2-15-20-19-14-8-13-18(16-19)12-7-6-11-17-9-4-3-5-10-17;1-3-13-20-17-9-6-7-15(14-17)11-12-16-8-4-5-10-18(16)19-2;1-2-14-19-18-13-7-12-17(15-18)11-6-10-16-8-4-3-5-9-16;1-2-13-18-17-10-6-9-16(14-17)12-11-15-7-4-3-5-8-15;1-3-5-6-7-9-14-10-8-11-15(13-14)16-12-4-2;1-2-11-16-14-9-6-8-13(12-14)7-4-3-5-10-15;1-2-10-15-14-5-3-4-13(11-14)9-8-12-6-7-12;1-2-10-15-13-8-5-7-12(11-13)6-3-4-9-14/h3-5,8-10,13-14,16H,2,6-7,11-12,15H2,1H3;4-10,14H,3,11-13H2,1-2H3;3-5,7-9,12-13,15H,2,6,10-11,14H2,1H3;3-10,14H,2,11-13H2,1H3;8,10-11,13H,3-7,9,12H2,1-2H3;6,8-9,12,15H,2-5,7,10-11H2,1H3;3-5,11-12H,2,6-10H2,1H3;5,7-8,11,14H,2-4,6,9-10H2,1H3. The monoisotopic (exact) mass is 1890 g/mol. The first-order valence-corrected chi connectivity index (χ1v) is 53.1. The van der Waals surface area contributed by atoms with Crippen LogP contribution < -0.4 is 42.6 Å². The van der Waals surface area contributed by atoms with Crippen molar-refractivity contribution in [2.24, 2.45) is 5.92 Å². The van der Waals surface area contributed by atoms with Gasteiger partial charge in [-0.1, -0.05) is 307 Å². The molecule has 2 N–H and O–H groups in total. The summed E-state index contributed by atoms with van der Waals surface area (Å²) in [5, 5.41) is 17.4. The van der Waals surface area contributed by atoms with E-state index < -0.39 is 0 Å². The minimum Gasteiger partial charge on any atom is -0.496 e. The van der Waals surface area contributed by atoms with Crippen LogP contribution in [0, 0.1) is 5.92 Å². The van der Waals surface area contributed by atoms with Gasteiger partial charge in [-0.2, -0.15) is 0 Å². The highest BCUT2D eigenvalue weighted by molar-refractivity contribution is 5.38. The van der Waals surface area contributed by atoms with Crippen molar-refractivity contribution < 1.29 is 52.8 Å². The van der Waals surface area contributed by atoms with Gasteiger partial charge in [-0.15, -0.1) is 0 Å². The number of methoxy groups -OCH3 is 1. The maximum atomic E-state index is 8.69. The zero-order chi connectivity index (χ0) is 98.9. The third-order valence-electron chi connectivity index (χ3n) is 23.0. The van der Waals surface area contributed by atoms with Crippen LogP contribution in [0.1, 0.15) is 277 Å². The van der Waals surface area contributed by atoms with Crippen LogP contribution in [0.15, 0.2) is 309 Å². The molecule has 752 valence electrons. The van der Waals surface area contributed by atoms with E-state index in [0.29, 0.717) is 6.61 Å². The summed E-state index contributed by atoms with van der Waals surface area (Å²) in [7, 11) is 1.72. The lowest BCUT2D eigenvalue weighted by Gasteiger charge is -2.09. The first kappa shape index (κ1) is 116. The van der Waals surface area contributed by atoms with Gasteiger partial charge in [-0.3, -0.25) is 0 Å². The SMILES string of the molecule is CCCCCCc1cccc(OCCC)c1.CCCOc1cccc(CCC2CC2)c1.CCCOc1cccc(CCCCCO)c1.CCCOc1cccc(CCCCO)c1.CCCOc1cccc(CCCCc2ccccc2)c1.CCCOc1cccc(CCCc2ccccc2)c1.CCCOc1cccc(CCc2ccccc2)c1.CCCOc1cccc(CCc2ccccc2OC)c1. The van der Waals surface area contributed by atoms with Gasteiger partial charge >= 0.3 is 0 Å². The van der Waals surface area contributed by atoms with Gasteiger partial charge in [-0.25, -0.2) is 0 Å². The number of hydrogen-bond acceptors (Lipinski definition) is 11. The molecule has 12 aromatic carbocycles. The second-order valence-corrected chi connectivity index (χ2v) is 35.8. The number of aliphatic hydroxyl groups excluding tert-OH is 2. The predicted octanol–water partition coefficient (Wildman–Crippen LogP) is 32.6. The van der Waals surface area contributed by atoms with Crippen molar-refractivity contribution in [3.05, 3.63) is 376 Å². The molecule has 0 amide bonds. The molecule has 11 heteroatoms. The molecule has 0 radical (unpaired) electrons. The quantitative estimate of drug-likeness (QED) is 0.0354. The predicted molar refractivity (Wildman–Crippen MR) is 587 cm³/mol. The molecule has 0 saturated heterocycles. The summed E-state index contributed by atoms with van der Waals surface area (Å²) in [5.74, 6) is 9.93. The smallest absolute Gasteiger partial charge is 0.122 e. The van der Waals surface area contributed by atoms with Gasteiger partial charge < -0.3 is 52.8 Å². The number of para-hydroxylation sites is 1. The average Bonchev–Trinajstić information content (AvgIpc) is 1.83. The second-order valence-electron chi connectivity index (χ2n) is 35.8. The van der Waals surface area contributed by atoms with E-state index in [4.69, 9.17) is 52.8 Å². The number of ether oxygens (including phenoxy) is 9. The Kier molecular flexibility index (Phi) is 65.8. The Morgan fingerprint density at radius 1 is 0.201 bits per heavy atom. The summed E-state index contributed by atoms with van der Waals surface area (Å²) in [6.07, 6.45) is 39.8. The highest BCUT2D eigenvalue weighted by Gasteiger charge is 2.20. The highest BCUT2D eigenvalue weighted by Crippen LogP contribution is 2.34. The Morgan fingerprint density at radius 3 is 0.719 bits per heavy atom. The normalized spacial score (nSPS) is 10.9. The van der Waals surface area contributed by atoms with Gasteiger partial charge in [-0.05, 0) is 362 Å². The van der Waals surface area contributed by atoms with Crippen molar-refractivity contribution in [1.29, 1.82) is 0 Å². The Bertz CT molecular complexity index is 4870. The summed E-state index contributed by atoms with van der Waals surface area (Å²) in [4.78, 5) is 0. The van der Waals surface area contributed by atoms with Crippen molar-refractivity contribution in [3.63, 3.8) is 0 Å². The summed E-state index contributed by atoms with van der Waals surface area (Å²) >= 11 is 0. The molecule has 13 rings (SSSR count). The van der Waals surface area contributed by atoms with E-state index in [-0.39, 0.29) is 6.61 Å². The number of benzene rings is 12. The van der Waals surface area contributed by atoms with E-state index in [9.17, 15) is 0 Å². The van der Waals surface area contributed by atoms with Crippen LogP contribution in [-0.4, -0.2) is 83.4 Å². The number of rotatable bonds is 57. The molecule has 139 heavy (non-hydrogen) atoms. The molecule has 12 aromatic rings. The lowest BCUT2D eigenvalue weighted by Crippen LogP contribution is -1.97. The molecule has 0 unspecified atom stereocenters. The highest BCUT2D eigenvalue weighted by atomic mass is 16.5. The number of hydrogen-bond donors (Lipinski definition) is 2. The molecule has 11 nitrogen and oxygen atoms in total. The van der Waals surface area contributed by atoms with Crippen LogP contribution in [0.25, 0.3) is 0 Å². The van der Waals surface area contributed by atoms with Gasteiger partial charge in [0.1, 0.15) is 51.7 Å². The maximum Gasteiger partial charge on any atom is 0.122 e. The Balaban J connectivity index is 0.000000244. The van der Waals surface area contributed by atoms with Gasteiger partial charge in [0.15, 0.2) is 0 Å². The van der Waals surface area contributed by atoms with Gasteiger partial charge in [0.25, 0.3) is 0 Å². The third-order valence-corrected chi connectivity index (χ3v) is 23.0. The van der Waals surface area contributed by atoms with E-state index in [1.54, 1.807) is 7.11 Å². The molecule has 0 spiro atoms. The summed E-state index contributed by atoms with van der Waals surface area (Å²) in [6, 6.07) is 108. The minimum absolute atomic E-state index is 0.284. The van der Waals surface area contributed by atoms with Crippen LogP contribution in [0.4, 0.5) is 0 Å². The second kappa shape index (κ2) is 78.5. The van der Waals surface area contributed by atoms with E-state index in [1.165, 1.54) is 150 Å². The molecule has 0 bridgehead atoms. The zero-order valence-electron chi connectivity index (χ0n) is 86.9. The van der Waals surface area contributed by atoms with E-state index in [2.05, 4.69) is 305 Å². The summed E-state index contributed by atoms with van der Waals surface area (Å²) in [6.45, 7) is 26.2. The van der Waals surface area contributed by atoms with Gasteiger partial charge in [0, 0.05) is 13.2 Å². The largest absolute Gasteiger partial charge is 0.496 e. The maximum absolute atomic E-state index is 8.69. The topological polar surface area (TPSA) is 124 Å². The molecule has 0 aliphatic heterocycles. The third kappa shape index (κ3) is 57.2. The molecular formula is C128H174O11. The first-order chi connectivity index (χ1) is 68.4. The number of unbranched alkanes of at least 4 members (excludes halogenated alkanes) is 7. The van der Waals surface area contributed by atoms with Crippen LogP contribution in [-0.2, 0) is 77.0 Å². The number of aryl methyl sites for hydroxylation is 12. The minimum atomic E-state index is 0.284. The van der Waals surface area contributed by atoms with Crippen LogP contribution >= 0.6 is 0 Å². The molecule has 0 atom stereocenters. The van der Waals surface area contributed by atoms with Crippen molar-refractivity contribution in [1.82, 2.24) is 0 Å². The number of aliphatic hydroxyl groups is 2. The van der Waals surface area contributed by atoms with Crippen LogP contribution in [0.5, 0.6) is 51.7 Å². The van der Waals surface area contributed by atoms with E-state index >= 15 is 0 Å². The lowest BCUT2D eigenvalue weighted by atomic mass is 10.0. The van der Waals surface area contributed by atoms with E-state index in [0.717, 1.165) is 252 Å². The molecule has 1 aliphatic carbocycles. The fraction of sp³-hybridized carbons (Fsp3) is 0.438. The van der Waals surface area contributed by atoms with Crippen molar-refractivity contribution >= 4 is 0 Å². The Morgan fingerprint density at radius 2 is 0.424 bits per heavy atom. The first-order valence-electron chi connectivity index (χ1n) is 53.1. The summed E-state index contributed by atoms with van der Waals surface area (Å²) < 4.78 is 50.4. The molecule has 0 heterocycles. The molecule has 1 fully saturated rings. The zero-order valence-corrected chi connectivity index (χ0v) is 86.9. The van der Waals surface area contributed by atoms with Gasteiger partial charge in [0.2, 0.25) is 0 Å². The Hall–Kier alpha value is -11.2. The lowest BCUT2D eigenvalue weighted by molar-refractivity contribution is 0.283. The Labute approximate surface area is 841 Å². The average molecular weight is 1890 g/mol. The molecule has 1 saturated carbocycles. The van der Waals surface area contributed by atoms with Crippen molar-refractivity contribution in [2.45, 2.75) is 287 Å². The van der Waals surface area contributed by atoms with Crippen molar-refractivity contribution in [3.8, 4) is 51.7 Å². The van der Waals surface area contributed by atoms with Crippen molar-refractivity contribution in [2.75, 3.05) is 73.2 Å². The van der Waals surface area contributed by atoms with E-state index in [1.807, 2.05) is 66.7 Å². The molecular weight excluding hydrogens is 1710 g/mol. The molecule has 0 aromatic heterocycles. The van der Waals surface area contributed by atoms with Gasteiger partial charge in [0.05, 0.1) is 60.0 Å².